The van der Waals surface area contributed by atoms with Gasteiger partial charge in [0.25, 0.3) is 0 Å². The predicted molar refractivity (Wildman–Crippen MR) is 131 cm³/mol. The molecule has 0 unspecified atom stereocenters. The van der Waals surface area contributed by atoms with E-state index in [-0.39, 0.29) is 11.7 Å². The van der Waals surface area contributed by atoms with Crippen molar-refractivity contribution >= 4 is 39.8 Å². The lowest BCUT2D eigenvalue weighted by Gasteiger charge is -2.11. The minimum Gasteiger partial charge on any atom is -0.354 e. The van der Waals surface area contributed by atoms with Gasteiger partial charge in [-0.3, -0.25) is 4.79 Å². The van der Waals surface area contributed by atoms with Crippen LogP contribution in [0.3, 0.4) is 0 Å². The highest BCUT2D eigenvalue weighted by Crippen LogP contribution is 2.25. The van der Waals surface area contributed by atoms with Gasteiger partial charge in [-0.15, -0.1) is 21.5 Å². The van der Waals surface area contributed by atoms with Crippen molar-refractivity contribution in [2.24, 2.45) is 7.05 Å². The van der Waals surface area contributed by atoms with E-state index in [0.717, 1.165) is 39.0 Å². The van der Waals surface area contributed by atoms with Gasteiger partial charge < -0.3 is 15.2 Å². The zero-order valence-electron chi connectivity index (χ0n) is 18.1. The fraction of sp³-hybridized carbons (Fsp3) is 0.217. The molecule has 0 saturated carbocycles. The summed E-state index contributed by atoms with van der Waals surface area (Å²) in [5.74, 6) is 0.977. The Balaban J connectivity index is 1.32. The van der Waals surface area contributed by atoms with Crippen LogP contribution < -0.4 is 10.6 Å². The number of nitrogens with one attached hydrogen (secondary N) is 2. The number of hydrogen-bond donors (Lipinski definition) is 2. The molecular weight excluding hydrogens is 440 g/mol. The molecule has 2 N–H and O–H groups in total. The molecule has 2 heterocycles. The summed E-state index contributed by atoms with van der Waals surface area (Å²) in [7, 11) is 1.90. The Hall–Kier alpha value is -3.17. The summed E-state index contributed by atoms with van der Waals surface area (Å²) >= 11 is 2.92. The van der Waals surface area contributed by atoms with Crippen LogP contribution in [0.15, 0.2) is 59.1 Å². The maximum Gasteiger partial charge on any atom is 0.234 e. The normalized spacial score (nSPS) is 10.8. The first kappa shape index (κ1) is 22.0. The molecule has 7 nitrogen and oxygen atoms in total. The van der Waals surface area contributed by atoms with Gasteiger partial charge in [0.15, 0.2) is 16.1 Å². The fourth-order valence-corrected chi connectivity index (χ4v) is 4.64. The Morgan fingerprint density at radius 2 is 1.81 bits per heavy atom. The molecule has 4 rings (SSSR count). The van der Waals surface area contributed by atoms with E-state index in [2.05, 4.69) is 25.8 Å². The van der Waals surface area contributed by atoms with E-state index >= 15 is 0 Å². The molecule has 9 heteroatoms. The molecule has 4 aromatic rings. The minimum absolute atomic E-state index is 0.0636. The number of carbonyl (C=O) groups is 1. The number of benzene rings is 2. The van der Waals surface area contributed by atoms with Crippen LogP contribution in [0.25, 0.3) is 11.3 Å². The van der Waals surface area contributed by atoms with E-state index in [1.165, 1.54) is 11.8 Å². The van der Waals surface area contributed by atoms with Crippen LogP contribution in [0, 0.1) is 13.8 Å². The monoisotopic (exact) mass is 464 g/mol. The first-order valence-corrected chi connectivity index (χ1v) is 12.0. The zero-order chi connectivity index (χ0) is 22.5. The molecule has 0 aliphatic rings. The summed E-state index contributed by atoms with van der Waals surface area (Å²) in [5, 5.41) is 18.4. The maximum atomic E-state index is 12.4. The van der Waals surface area contributed by atoms with E-state index in [0.29, 0.717) is 11.7 Å². The van der Waals surface area contributed by atoms with Crippen LogP contribution in [0.1, 0.15) is 17.0 Å². The number of carbonyl (C=O) groups excluding carboxylic acids is 1. The number of hydrogen-bond acceptors (Lipinski definition) is 7. The summed E-state index contributed by atoms with van der Waals surface area (Å²) < 4.78 is 1.90. The maximum absolute atomic E-state index is 12.4. The highest BCUT2D eigenvalue weighted by Gasteiger charge is 2.13. The SMILES string of the molecule is Cc1cccc(C)c1NC(=O)CSc1nnc(CNc2nc(-c3ccccc3)cs2)n1C. The molecule has 164 valence electrons. The number of thiazole rings is 1. The lowest BCUT2D eigenvalue weighted by Crippen LogP contribution is -2.16. The third kappa shape index (κ3) is 5.17. The number of amides is 1. The molecule has 0 saturated heterocycles. The van der Waals surface area contributed by atoms with E-state index in [9.17, 15) is 4.79 Å². The number of para-hydroxylation sites is 1. The van der Waals surface area contributed by atoms with Gasteiger partial charge in [0, 0.05) is 23.7 Å². The quantitative estimate of drug-likeness (QED) is 0.361. The average Bonchev–Trinajstić information content (AvgIpc) is 3.41. The van der Waals surface area contributed by atoms with Crippen LogP contribution in [0.2, 0.25) is 0 Å². The Morgan fingerprint density at radius 3 is 2.56 bits per heavy atom. The van der Waals surface area contributed by atoms with Gasteiger partial charge in [0.2, 0.25) is 5.91 Å². The predicted octanol–water partition coefficient (Wildman–Crippen LogP) is 4.90. The van der Waals surface area contributed by atoms with Gasteiger partial charge in [0.1, 0.15) is 0 Å². The molecule has 2 aromatic carbocycles. The van der Waals surface area contributed by atoms with Gasteiger partial charge in [-0.05, 0) is 25.0 Å². The lowest BCUT2D eigenvalue weighted by molar-refractivity contribution is -0.113. The van der Waals surface area contributed by atoms with Crippen LogP contribution >= 0.6 is 23.1 Å². The van der Waals surface area contributed by atoms with Crippen molar-refractivity contribution in [1.82, 2.24) is 19.7 Å². The highest BCUT2D eigenvalue weighted by atomic mass is 32.2. The Kier molecular flexibility index (Phi) is 6.87. The zero-order valence-corrected chi connectivity index (χ0v) is 19.8. The summed E-state index contributed by atoms with van der Waals surface area (Å²) in [5.41, 5.74) is 5.01. The van der Waals surface area contributed by atoms with Crippen molar-refractivity contribution in [3.63, 3.8) is 0 Å². The average molecular weight is 465 g/mol. The fourth-order valence-electron chi connectivity index (χ4n) is 3.19. The van der Waals surface area contributed by atoms with Gasteiger partial charge in [0.05, 0.1) is 18.0 Å². The number of aryl methyl sites for hydroxylation is 2. The number of nitrogens with zero attached hydrogens (tertiary/aromatic N) is 4. The van der Waals surface area contributed by atoms with Gasteiger partial charge in [-0.1, -0.05) is 60.3 Å². The second kappa shape index (κ2) is 9.97. The van der Waals surface area contributed by atoms with E-state index in [4.69, 9.17) is 0 Å². The molecule has 0 bridgehead atoms. The summed E-state index contributed by atoms with van der Waals surface area (Å²) in [6.45, 7) is 4.48. The van der Waals surface area contributed by atoms with E-state index < -0.39 is 0 Å². The van der Waals surface area contributed by atoms with Gasteiger partial charge in [-0.25, -0.2) is 4.98 Å². The highest BCUT2D eigenvalue weighted by molar-refractivity contribution is 7.99. The largest absolute Gasteiger partial charge is 0.354 e. The second-order valence-electron chi connectivity index (χ2n) is 7.32. The molecule has 0 spiro atoms. The third-order valence-electron chi connectivity index (χ3n) is 4.97. The van der Waals surface area contributed by atoms with Crippen LogP contribution in [0.4, 0.5) is 10.8 Å². The van der Waals surface area contributed by atoms with Crippen molar-refractivity contribution < 1.29 is 4.79 Å². The van der Waals surface area contributed by atoms with Crippen LogP contribution in [-0.2, 0) is 18.4 Å². The van der Waals surface area contributed by atoms with E-state index in [1.54, 1.807) is 11.3 Å². The lowest BCUT2D eigenvalue weighted by atomic mass is 10.1. The molecule has 1 amide bonds. The van der Waals surface area contributed by atoms with Crippen LogP contribution in [-0.4, -0.2) is 31.4 Å². The molecule has 0 radical (unpaired) electrons. The Bertz CT molecular complexity index is 1200. The van der Waals surface area contributed by atoms with Crippen molar-refractivity contribution in [2.45, 2.75) is 25.5 Å². The summed E-state index contributed by atoms with van der Waals surface area (Å²) in [6, 6.07) is 16.0. The summed E-state index contributed by atoms with van der Waals surface area (Å²) in [6.07, 6.45) is 0. The molecule has 32 heavy (non-hydrogen) atoms. The van der Waals surface area contributed by atoms with Gasteiger partial charge >= 0.3 is 0 Å². The van der Waals surface area contributed by atoms with Crippen LogP contribution in [0.5, 0.6) is 0 Å². The molecule has 0 aliphatic carbocycles. The smallest absolute Gasteiger partial charge is 0.234 e. The number of rotatable bonds is 8. The molecule has 0 aliphatic heterocycles. The molecule has 0 fully saturated rings. The van der Waals surface area contributed by atoms with Crippen molar-refractivity contribution in [3.8, 4) is 11.3 Å². The first-order chi connectivity index (χ1) is 15.5. The Labute approximate surface area is 195 Å². The van der Waals surface area contributed by atoms with Gasteiger partial charge in [-0.2, -0.15) is 0 Å². The minimum atomic E-state index is -0.0636. The first-order valence-electron chi connectivity index (χ1n) is 10.1. The molecular formula is C23H24N6OS2. The number of anilines is 2. The summed E-state index contributed by atoms with van der Waals surface area (Å²) in [4.78, 5) is 17.1. The standard InChI is InChI=1S/C23H24N6OS2/c1-15-8-7-9-16(2)21(15)26-20(30)14-32-23-28-27-19(29(23)3)12-24-22-25-18(13-31-22)17-10-5-4-6-11-17/h4-11,13H,12,14H2,1-3H3,(H,24,25)(H,26,30). The van der Waals surface area contributed by atoms with E-state index in [1.807, 2.05) is 79.4 Å². The second-order valence-corrected chi connectivity index (χ2v) is 9.12. The molecule has 2 aromatic heterocycles. The number of thioether (sulfide) groups is 1. The topological polar surface area (TPSA) is 84.7 Å². The van der Waals surface area contributed by atoms with Crippen molar-refractivity contribution in [2.75, 3.05) is 16.4 Å². The molecule has 0 atom stereocenters. The number of aromatic nitrogens is 4. The third-order valence-corrected chi connectivity index (χ3v) is 6.79. The Morgan fingerprint density at radius 1 is 1.06 bits per heavy atom. The van der Waals surface area contributed by atoms with Crippen molar-refractivity contribution in [1.29, 1.82) is 0 Å². The van der Waals surface area contributed by atoms with Crippen molar-refractivity contribution in [3.05, 3.63) is 70.9 Å².